The van der Waals surface area contributed by atoms with Crippen molar-refractivity contribution in [3.63, 3.8) is 0 Å². The summed E-state index contributed by atoms with van der Waals surface area (Å²) in [6.45, 7) is 0.459. The summed E-state index contributed by atoms with van der Waals surface area (Å²) in [5.74, 6) is -0.990. The van der Waals surface area contributed by atoms with Crippen LogP contribution in [0.1, 0.15) is 35.6 Å². The zero-order valence-corrected chi connectivity index (χ0v) is 16.4. The molecule has 0 amide bonds. The molecule has 2 atom stereocenters. The van der Waals surface area contributed by atoms with Crippen molar-refractivity contribution in [2.75, 3.05) is 6.54 Å². The number of rotatable bonds is 4. The van der Waals surface area contributed by atoms with Gasteiger partial charge in [-0.25, -0.2) is 0 Å². The topological polar surface area (TPSA) is 40.5 Å². The predicted octanol–water partition coefficient (Wildman–Crippen LogP) is 5.76. The van der Waals surface area contributed by atoms with Gasteiger partial charge in [0.2, 0.25) is 0 Å². The molecule has 27 heavy (non-hydrogen) atoms. The van der Waals surface area contributed by atoms with Crippen molar-refractivity contribution in [1.82, 2.24) is 4.90 Å². The second kappa shape index (κ2) is 7.81. The molecule has 0 saturated carbocycles. The van der Waals surface area contributed by atoms with Crippen molar-refractivity contribution >= 4 is 33.5 Å². The third kappa shape index (κ3) is 4.31. The van der Waals surface area contributed by atoms with E-state index < -0.39 is 29.8 Å². The molecule has 1 fully saturated rings. The minimum absolute atomic E-state index is 0.170. The lowest BCUT2D eigenvalue weighted by molar-refractivity contribution is -0.143. The number of carboxylic acid groups (broad SMARTS) is 1. The smallest absolute Gasteiger partial charge is 0.416 e. The zero-order valence-electron chi connectivity index (χ0n) is 14.0. The number of nitrogens with zero attached hydrogens (tertiary/aromatic N) is 1. The molecule has 0 aromatic heterocycles. The van der Waals surface area contributed by atoms with Gasteiger partial charge in [-0.1, -0.05) is 39.7 Å². The molecule has 2 unspecified atom stereocenters. The Morgan fingerprint density at radius 3 is 2.63 bits per heavy atom. The fourth-order valence-corrected chi connectivity index (χ4v) is 4.16. The summed E-state index contributed by atoms with van der Waals surface area (Å²) in [5.41, 5.74) is 0.115. The Bertz CT molecular complexity index is 859. The van der Waals surface area contributed by atoms with Crippen molar-refractivity contribution in [1.29, 1.82) is 0 Å². The second-order valence-corrected chi connectivity index (χ2v) is 7.75. The maximum absolute atomic E-state index is 13.3. The van der Waals surface area contributed by atoms with Crippen LogP contribution in [0, 0.1) is 0 Å². The van der Waals surface area contributed by atoms with E-state index in [-0.39, 0.29) is 10.6 Å². The molecule has 3 nitrogen and oxygen atoms in total. The van der Waals surface area contributed by atoms with Crippen LogP contribution in [0.15, 0.2) is 46.9 Å². The summed E-state index contributed by atoms with van der Waals surface area (Å²) in [4.78, 5) is 13.4. The average Bonchev–Trinajstić information content (AvgIpc) is 3.05. The standard InChI is InChI=1S/C19H16BrClF3NO2/c20-13-4-1-3-11(9-13)17(25-8-2-5-16(25)18(26)27)14-10-12(19(22,23)24)6-7-15(14)21/h1,3-4,6-7,9-10,16-17H,2,5,8H2,(H,26,27). The van der Waals surface area contributed by atoms with E-state index >= 15 is 0 Å². The summed E-state index contributed by atoms with van der Waals surface area (Å²) >= 11 is 9.66. The van der Waals surface area contributed by atoms with Crippen LogP contribution in [0.2, 0.25) is 5.02 Å². The third-order valence-electron chi connectivity index (χ3n) is 4.69. The number of hydrogen-bond donors (Lipinski definition) is 1. The number of carboxylic acids is 1. The van der Waals surface area contributed by atoms with Gasteiger partial charge < -0.3 is 5.11 Å². The lowest BCUT2D eigenvalue weighted by atomic mass is 9.94. The number of hydrogen-bond acceptors (Lipinski definition) is 2. The fraction of sp³-hybridized carbons (Fsp3) is 0.316. The first-order chi connectivity index (χ1) is 12.7. The molecule has 0 aliphatic carbocycles. The Morgan fingerprint density at radius 1 is 1.26 bits per heavy atom. The molecular weight excluding hydrogens is 447 g/mol. The number of likely N-dealkylation sites (tertiary alicyclic amines) is 1. The molecule has 0 bridgehead atoms. The molecule has 0 radical (unpaired) electrons. The van der Waals surface area contributed by atoms with Gasteiger partial charge in [0.15, 0.2) is 0 Å². The van der Waals surface area contributed by atoms with Gasteiger partial charge in [0.05, 0.1) is 11.6 Å². The van der Waals surface area contributed by atoms with Crippen LogP contribution in [0.25, 0.3) is 0 Å². The molecule has 1 N–H and O–H groups in total. The molecule has 2 aromatic rings. The lowest BCUT2D eigenvalue weighted by Crippen LogP contribution is -2.39. The van der Waals surface area contributed by atoms with Crippen LogP contribution in [0.4, 0.5) is 13.2 Å². The molecular formula is C19H16BrClF3NO2. The molecule has 1 aliphatic rings. The van der Waals surface area contributed by atoms with E-state index in [1.165, 1.54) is 6.07 Å². The summed E-state index contributed by atoms with van der Waals surface area (Å²) < 4.78 is 40.5. The van der Waals surface area contributed by atoms with E-state index in [4.69, 9.17) is 11.6 Å². The molecule has 2 aromatic carbocycles. The first kappa shape index (κ1) is 20.2. The van der Waals surface area contributed by atoms with Crippen molar-refractivity contribution in [3.05, 3.63) is 68.7 Å². The average molecular weight is 463 g/mol. The fourth-order valence-electron chi connectivity index (χ4n) is 3.52. The first-order valence-electron chi connectivity index (χ1n) is 8.29. The highest BCUT2D eigenvalue weighted by molar-refractivity contribution is 9.10. The summed E-state index contributed by atoms with van der Waals surface area (Å²) in [7, 11) is 0. The van der Waals surface area contributed by atoms with Crippen LogP contribution >= 0.6 is 27.5 Å². The molecule has 8 heteroatoms. The highest BCUT2D eigenvalue weighted by atomic mass is 79.9. The Labute approximate surface area is 167 Å². The van der Waals surface area contributed by atoms with Crippen molar-refractivity contribution in [3.8, 4) is 0 Å². The van der Waals surface area contributed by atoms with Crippen LogP contribution in [-0.4, -0.2) is 28.6 Å². The Kier molecular flexibility index (Phi) is 5.84. The lowest BCUT2D eigenvalue weighted by Gasteiger charge is -2.33. The normalized spacial score (nSPS) is 19.2. The summed E-state index contributed by atoms with van der Waals surface area (Å²) in [6.07, 6.45) is -3.42. The van der Waals surface area contributed by atoms with Crippen LogP contribution in [-0.2, 0) is 11.0 Å². The molecule has 1 aliphatic heterocycles. The van der Waals surface area contributed by atoms with Crippen molar-refractivity contribution < 1.29 is 23.1 Å². The number of alkyl halides is 3. The van der Waals surface area contributed by atoms with Gasteiger partial charge in [-0.3, -0.25) is 9.69 Å². The number of halogens is 5. The van der Waals surface area contributed by atoms with E-state index in [1.54, 1.807) is 29.2 Å². The quantitative estimate of drug-likeness (QED) is 0.628. The van der Waals surface area contributed by atoms with Crippen molar-refractivity contribution in [2.24, 2.45) is 0 Å². The highest BCUT2D eigenvalue weighted by Crippen LogP contribution is 2.41. The molecule has 1 saturated heterocycles. The minimum Gasteiger partial charge on any atom is -0.480 e. The monoisotopic (exact) mass is 461 g/mol. The van der Waals surface area contributed by atoms with Crippen LogP contribution in [0.3, 0.4) is 0 Å². The minimum atomic E-state index is -4.52. The van der Waals surface area contributed by atoms with Gasteiger partial charge in [-0.15, -0.1) is 0 Å². The molecule has 144 valence electrons. The van der Waals surface area contributed by atoms with Crippen LogP contribution < -0.4 is 0 Å². The van der Waals surface area contributed by atoms with E-state index in [0.29, 0.717) is 24.9 Å². The first-order valence-corrected chi connectivity index (χ1v) is 9.46. The molecule has 0 spiro atoms. The molecule has 3 rings (SSSR count). The van der Waals surface area contributed by atoms with Gasteiger partial charge >= 0.3 is 12.1 Å². The summed E-state index contributed by atoms with van der Waals surface area (Å²) in [6, 6.07) is 8.80. The third-order valence-corrected chi connectivity index (χ3v) is 5.53. The maximum atomic E-state index is 13.3. The van der Waals surface area contributed by atoms with E-state index in [9.17, 15) is 23.1 Å². The summed E-state index contributed by atoms with van der Waals surface area (Å²) in [5, 5.41) is 9.74. The maximum Gasteiger partial charge on any atom is 0.416 e. The second-order valence-electron chi connectivity index (χ2n) is 6.43. The Hall–Kier alpha value is -1.57. The number of aliphatic carboxylic acids is 1. The van der Waals surface area contributed by atoms with Gasteiger partial charge in [-0.05, 0) is 54.3 Å². The van der Waals surface area contributed by atoms with Crippen molar-refractivity contribution in [2.45, 2.75) is 31.1 Å². The van der Waals surface area contributed by atoms with Gasteiger partial charge in [0.1, 0.15) is 6.04 Å². The van der Waals surface area contributed by atoms with Gasteiger partial charge in [0, 0.05) is 16.0 Å². The Balaban J connectivity index is 2.17. The van der Waals surface area contributed by atoms with Gasteiger partial charge in [0.25, 0.3) is 0 Å². The predicted molar refractivity (Wildman–Crippen MR) is 99.8 cm³/mol. The van der Waals surface area contributed by atoms with Crippen LogP contribution in [0.5, 0.6) is 0 Å². The largest absolute Gasteiger partial charge is 0.480 e. The van der Waals surface area contributed by atoms with E-state index in [1.807, 2.05) is 0 Å². The zero-order chi connectivity index (χ0) is 19.8. The van der Waals surface area contributed by atoms with Gasteiger partial charge in [-0.2, -0.15) is 13.2 Å². The van der Waals surface area contributed by atoms with E-state index in [2.05, 4.69) is 15.9 Å². The number of benzene rings is 2. The highest BCUT2D eigenvalue weighted by Gasteiger charge is 2.39. The Morgan fingerprint density at radius 2 is 2.00 bits per heavy atom. The molecule has 1 heterocycles. The number of carbonyl (C=O) groups is 1. The van der Waals surface area contributed by atoms with E-state index in [0.717, 1.165) is 16.6 Å². The SMILES string of the molecule is O=C(O)C1CCCN1C(c1cccc(Br)c1)c1cc(C(F)(F)F)ccc1Cl.